The number of fused-ring (bicyclic) bond motifs is 1. The van der Waals surface area contributed by atoms with Crippen LogP contribution in [0.15, 0.2) is 30.6 Å². The SMILES string of the molecule is COCc1cnc2n1CCN(C(=O)Cc1ccccn1)C2C.O=C(O)C(F)(F)F. The summed E-state index contributed by atoms with van der Waals surface area (Å²) in [4.78, 5) is 32.0. The second-order valence-corrected chi connectivity index (χ2v) is 6.26. The van der Waals surface area contributed by atoms with E-state index in [0.717, 1.165) is 23.8 Å². The summed E-state index contributed by atoms with van der Waals surface area (Å²) in [6, 6.07) is 5.60. The zero-order chi connectivity index (χ0) is 21.6. The number of nitrogens with zero attached hydrogens (tertiary/aromatic N) is 4. The predicted octanol–water partition coefficient (Wildman–Crippen LogP) is 2.20. The molecule has 0 fully saturated rings. The smallest absolute Gasteiger partial charge is 0.475 e. The molecule has 3 rings (SSSR count). The van der Waals surface area contributed by atoms with Crippen molar-refractivity contribution < 1.29 is 32.6 Å². The van der Waals surface area contributed by atoms with Crippen LogP contribution in [0.2, 0.25) is 0 Å². The molecule has 0 saturated carbocycles. The number of hydrogen-bond acceptors (Lipinski definition) is 5. The summed E-state index contributed by atoms with van der Waals surface area (Å²) in [5.41, 5.74) is 1.86. The van der Waals surface area contributed by atoms with E-state index in [2.05, 4.69) is 14.5 Å². The van der Waals surface area contributed by atoms with Crippen molar-refractivity contribution in [3.63, 3.8) is 0 Å². The Morgan fingerprint density at radius 2 is 1.97 bits per heavy atom. The molecule has 0 saturated heterocycles. The molecule has 1 atom stereocenters. The second-order valence-electron chi connectivity index (χ2n) is 6.26. The van der Waals surface area contributed by atoms with E-state index >= 15 is 0 Å². The van der Waals surface area contributed by atoms with Crippen LogP contribution < -0.4 is 0 Å². The van der Waals surface area contributed by atoms with Crippen molar-refractivity contribution in [2.24, 2.45) is 0 Å². The third-order valence-electron chi connectivity index (χ3n) is 4.29. The maximum atomic E-state index is 12.5. The fraction of sp³-hybridized carbons (Fsp3) is 0.444. The molecule has 3 heterocycles. The van der Waals surface area contributed by atoms with Crippen molar-refractivity contribution in [1.29, 1.82) is 0 Å². The Balaban J connectivity index is 0.000000370. The standard InChI is InChI=1S/C16H20N4O2.C2HF3O2/c1-12-16-18-10-14(11-22-2)20(16)8-7-19(12)15(21)9-13-5-3-4-6-17-13;3-2(4,5)1(6)7/h3-6,10,12H,7-9,11H2,1-2H3;(H,6,7). The highest BCUT2D eigenvalue weighted by molar-refractivity contribution is 5.78. The lowest BCUT2D eigenvalue weighted by Gasteiger charge is -2.34. The topological polar surface area (TPSA) is 97.5 Å². The van der Waals surface area contributed by atoms with E-state index in [0.29, 0.717) is 19.6 Å². The molecule has 8 nitrogen and oxygen atoms in total. The number of imidazole rings is 1. The minimum atomic E-state index is -5.08. The zero-order valence-electron chi connectivity index (χ0n) is 15.9. The van der Waals surface area contributed by atoms with Gasteiger partial charge in [0.05, 0.1) is 31.0 Å². The number of methoxy groups -OCH3 is 1. The third-order valence-corrected chi connectivity index (χ3v) is 4.29. The molecule has 1 N–H and O–H groups in total. The van der Waals surface area contributed by atoms with E-state index in [9.17, 15) is 18.0 Å². The second kappa shape index (κ2) is 9.50. The average molecular weight is 414 g/mol. The molecule has 2 aromatic heterocycles. The summed E-state index contributed by atoms with van der Waals surface area (Å²) in [6.45, 7) is 4.01. The van der Waals surface area contributed by atoms with Gasteiger partial charge < -0.3 is 19.3 Å². The molecule has 29 heavy (non-hydrogen) atoms. The first kappa shape index (κ1) is 22.3. The van der Waals surface area contributed by atoms with Crippen LogP contribution in [-0.4, -0.2) is 56.2 Å². The molecule has 11 heteroatoms. The van der Waals surface area contributed by atoms with Gasteiger partial charge in [-0.25, -0.2) is 9.78 Å². The molecule has 0 bridgehead atoms. The van der Waals surface area contributed by atoms with Gasteiger partial charge in [-0.15, -0.1) is 0 Å². The summed E-state index contributed by atoms with van der Waals surface area (Å²) in [5.74, 6) is -1.74. The fourth-order valence-corrected chi connectivity index (χ4v) is 2.92. The van der Waals surface area contributed by atoms with Gasteiger partial charge >= 0.3 is 12.1 Å². The Labute approximate surface area is 164 Å². The van der Waals surface area contributed by atoms with Crippen molar-refractivity contribution in [2.45, 2.75) is 38.7 Å². The molecule has 158 valence electrons. The number of halogens is 3. The van der Waals surface area contributed by atoms with Crippen molar-refractivity contribution in [2.75, 3.05) is 13.7 Å². The molecule has 0 spiro atoms. The quantitative estimate of drug-likeness (QED) is 0.824. The number of hydrogen-bond donors (Lipinski definition) is 1. The molecule has 0 aliphatic carbocycles. The number of alkyl halides is 3. The van der Waals surface area contributed by atoms with E-state index in [4.69, 9.17) is 14.6 Å². The predicted molar refractivity (Wildman–Crippen MR) is 94.7 cm³/mol. The van der Waals surface area contributed by atoms with Gasteiger partial charge in [-0.05, 0) is 19.1 Å². The Hall–Kier alpha value is -2.95. The first-order chi connectivity index (χ1) is 13.6. The van der Waals surface area contributed by atoms with Crippen molar-refractivity contribution in [3.8, 4) is 0 Å². The first-order valence-electron chi connectivity index (χ1n) is 8.67. The van der Waals surface area contributed by atoms with Crippen LogP contribution in [0.4, 0.5) is 13.2 Å². The van der Waals surface area contributed by atoms with Crippen LogP contribution in [0, 0.1) is 0 Å². The Morgan fingerprint density at radius 3 is 2.52 bits per heavy atom. The van der Waals surface area contributed by atoms with Gasteiger partial charge in [0, 0.05) is 32.1 Å². The van der Waals surface area contributed by atoms with E-state index in [1.54, 1.807) is 13.3 Å². The van der Waals surface area contributed by atoms with Crippen molar-refractivity contribution >= 4 is 11.9 Å². The summed E-state index contributed by atoms with van der Waals surface area (Å²) in [7, 11) is 1.68. The summed E-state index contributed by atoms with van der Waals surface area (Å²) in [6.07, 6.45) is -1.20. The molecule has 1 amide bonds. The van der Waals surface area contributed by atoms with E-state index in [1.807, 2.05) is 36.2 Å². The highest BCUT2D eigenvalue weighted by Gasteiger charge is 2.38. The Bertz CT molecular complexity index is 839. The number of amides is 1. The number of aliphatic carboxylic acids is 1. The van der Waals surface area contributed by atoms with Crippen LogP contribution >= 0.6 is 0 Å². The van der Waals surface area contributed by atoms with Crippen molar-refractivity contribution in [3.05, 3.63) is 47.8 Å². The number of carbonyl (C=O) groups excluding carboxylic acids is 1. The lowest BCUT2D eigenvalue weighted by molar-refractivity contribution is -0.192. The Morgan fingerprint density at radius 1 is 1.28 bits per heavy atom. The number of carboxylic acid groups (broad SMARTS) is 1. The lowest BCUT2D eigenvalue weighted by atomic mass is 10.1. The number of aromatic nitrogens is 3. The molecular weight excluding hydrogens is 393 g/mol. The molecule has 0 radical (unpaired) electrons. The molecule has 1 aliphatic heterocycles. The van der Waals surface area contributed by atoms with Gasteiger partial charge in [-0.1, -0.05) is 6.07 Å². The molecule has 1 aliphatic rings. The number of carbonyl (C=O) groups is 2. The van der Waals surface area contributed by atoms with Gasteiger partial charge in [0.1, 0.15) is 5.82 Å². The van der Waals surface area contributed by atoms with E-state index < -0.39 is 12.1 Å². The van der Waals surface area contributed by atoms with Gasteiger partial charge in [0.15, 0.2) is 0 Å². The van der Waals surface area contributed by atoms with E-state index in [1.165, 1.54) is 0 Å². The third kappa shape index (κ3) is 5.76. The van der Waals surface area contributed by atoms with Gasteiger partial charge in [0.2, 0.25) is 5.91 Å². The summed E-state index contributed by atoms with van der Waals surface area (Å²) < 4.78 is 39.1. The van der Waals surface area contributed by atoms with Crippen LogP contribution in [0.3, 0.4) is 0 Å². The van der Waals surface area contributed by atoms with Crippen molar-refractivity contribution in [1.82, 2.24) is 19.4 Å². The largest absolute Gasteiger partial charge is 0.490 e. The molecule has 0 aromatic carbocycles. The molecular formula is C18H21F3N4O4. The fourth-order valence-electron chi connectivity index (χ4n) is 2.92. The lowest BCUT2D eigenvalue weighted by Crippen LogP contribution is -2.42. The summed E-state index contributed by atoms with van der Waals surface area (Å²) >= 11 is 0. The highest BCUT2D eigenvalue weighted by Crippen LogP contribution is 2.26. The van der Waals surface area contributed by atoms with E-state index in [-0.39, 0.29) is 11.9 Å². The average Bonchev–Trinajstić information content (AvgIpc) is 3.07. The van der Waals surface area contributed by atoms with Gasteiger partial charge in [0.25, 0.3) is 0 Å². The van der Waals surface area contributed by atoms with Gasteiger partial charge in [-0.3, -0.25) is 9.78 Å². The number of pyridine rings is 1. The maximum absolute atomic E-state index is 12.5. The maximum Gasteiger partial charge on any atom is 0.490 e. The molecule has 1 unspecified atom stereocenters. The summed E-state index contributed by atoms with van der Waals surface area (Å²) in [5, 5.41) is 7.12. The van der Waals surface area contributed by atoms with Crippen LogP contribution in [0.25, 0.3) is 0 Å². The normalized spacial score (nSPS) is 15.9. The number of ether oxygens (including phenoxy) is 1. The molecule has 2 aromatic rings. The minimum absolute atomic E-state index is 0.0319. The first-order valence-corrected chi connectivity index (χ1v) is 8.67. The Kier molecular flexibility index (Phi) is 7.32. The zero-order valence-corrected chi connectivity index (χ0v) is 15.9. The van der Waals surface area contributed by atoms with Crippen LogP contribution in [0.5, 0.6) is 0 Å². The number of rotatable bonds is 4. The van der Waals surface area contributed by atoms with Crippen LogP contribution in [-0.2, 0) is 33.9 Å². The minimum Gasteiger partial charge on any atom is -0.475 e. The van der Waals surface area contributed by atoms with Crippen LogP contribution in [0.1, 0.15) is 30.2 Å². The highest BCUT2D eigenvalue weighted by atomic mass is 19.4. The number of carboxylic acids is 1. The monoisotopic (exact) mass is 414 g/mol. The van der Waals surface area contributed by atoms with Gasteiger partial charge in [-0.2, -0.15) is 13.2 Å².